The molecule has 0 saturated carbocycles. The van der Waals surface area contributed by atoms with Gasteiger partial charge in [0.05, 0.1) is 49.6 Å². The van der Waals surface area contributed by atoms with Gasteiger partial charge in [-0.15, -0.1) is 0 Å². The number of carbonyl (C=O) groups excluding carboxylic acids is 4. The fraction of sp³-hybridized carbons (Fsp3) is 0.130. The van der Waals surface area contributed by atoms with Gasteiger partial charge in [-0.25, -0.2) is 9.98 Å². The number of hydrogen-bond donors (Lipinski definition) is 4. The van der Waals surface area contributed by atoms with E-state index in [1.165, 1.54) is 38.2 Å². The van der Waals surface area contributed by atoms with Crippen LogP contribution in [0.4, 0.5) is 22.7 Å². The first kappa shape index (κ1) is 44.4. The summed E-state index contributed by atoms with van der Waals surface area (Å²) in [6.45, 7) is -0.795. The van der Waals surface area contributed by atoms with Gasteiger partial charge >= 0.3 is 0 Å². The van der Waals surface area contributed by atoms with E-state index in [4.69, 9.17) is 18.9 Å². The van der Waals surface area contributed by atoms with Gasteiger partial charge < -0.3 is 39.8 Å². The zero-order valence-corrected chi connectivity index (χ0v) is 36.4. The summed E-state index contributed by atoms with van der Waals surface area (Å²) in [6.07, 6.45) is 3.18. The van der Waals surface area contributed by atoms with Crippen molar-refractivity contribution in [3.63, 3.8) is 0 Å². The second kappa shape index (κ2) is 20.0. The number of phenolic OH excluding ortho intramolecular Hbond substituents is 2. The highest BCUT2D eigenvalue weighted by Crippen LogP contribution is 2.42. The van der Waals surface area contributed by atoms with E-state index in [9.17, 15) is 29.4 Å². The number of amidine groups is 2. The molecule has 0 aliphatic carbocycles. The molecule has 4 N–H and O–H groups in total. The monoisotopic (exact) mass is 900 g/mol. The minimum absolute atomic E-state index is 0.149. The van der Waals surface area contributed by atoms with Gasteiger partial charge in [-0.2, -0.15) is 0 Å². The molecule has 0 bridgehead atoms. The van der Waals surface area contributed by atoms with Gasteiger partial charge in [0, 0.05) is 11.4 Å². The fourth-order valence-electron chi connectivity index (χ4n) is 6.35. The Kier molecular flexibility index (Phi) is 13.9. The summed E-state index contributed by atoms with van der Waals surface area (Å²) in [5, 5.41) is 26.9. The highest BCUT2D eigenvalue weighted by molar-refractivity contribution is 8.19. The number of amides is 4. The molecule has 5 aromatic rings. The van der Waals surface area contributed by atoms with Crippen molar-refractivity contribution >= 4 is 92.4 Å². The quantitative estimate of drug-likeness (QED) is 0.0796. The first-order valence-electron chi connectivity index (χ1n) is 19.3. The smallest absolute Gasteiger partial charge is 0.267 e. The van der Waals surface area contributed by atoms with Crippen LogP contribution < -0.4 is 29.6 Å². The third-order valence-corrected chi connectivity index (χ3v) is 11.4. The Morgan fingerprint density at radius 1 is 0.562 bits per heavy atom. The third kappa shape index (κ3) is 10.3. The number of ether oxygens (including phenoxy) is 4. The molecule has 64 heavy (non-hydrogen) atoms. The standard InChI is InChI=1S/C46H40N6O10S2/c1-59-33-18-27(19-34(60-2)41(33)55)22-37-43(57)51(45(63-37)49-29-12-7-5-8-13-29)25-39(53)47-31-16-11-17-32(24-31)48-40(54)26-52-44(58)38(64-46(52)50-30-14-9-6-10-15-30)23-28-20-35(61-3)42(56)36(21-28)62-4/h5-24,55-56H,25-26H2,1-4H3,(H,47,53)(H,48,54)/b37-22-,38-23-,49-45?,50-46?. The van der Waals surface area contributed by atoms with E-state index in [1.54, 1.807) is 109 Å². The van der Waals surface area contributed by atoms with E-state index in [2.05, 4.69) is 20.6 Å². The summed E-state index contributed by atoms with van der Waals surface area (Å²) in [7, 11) is 5.59. The molecule has 0 radical (unpaired) electrons. The lowest BCUT2D eigenvalue weighted by molar-refractivity contribution is -0.126. The van der Waals surface area contributed by atoms with E-state index in [0.29, 0.717) is 33.9 Å². The van der Waals surface area contributed by atoms with E-state index in [0.717, 1.165) is 23.5 Å². The first-order valence-corrected chi connectivity index (χ1v) is 20.9. The normalized spacial score (nSPS) is 16.2. The minimum atomic E-state index is -0.544. The summed E-state index contributed by atoms with van der Waals surface area (Å²) < 4.78 is 21.1. The predicted molar refractivity (Wildman–Crippen MR) is 248 cm³/mol. The van der Waals surface area contributed by atoms with Crippen LogP contribution in [-0.4, -0.2) is 95.5 Å². The van der Waals surface area contributed by atoms with Gasteiger partial charge in [0.25, 0.3) is 11.8 Å². The van der Waals surface area contributed by atoms with Crippen molar-refractivity contribution in [2.45, 2.75) is 0 Å². The van der Waals surface area contributed by atoms with E-state index < -0.39 is 36.7 Å². The number of para-hydroxylation sites is 2. The van der Waals surface area contributed by atoms with Crippen molar-refractivity contribution < 1.29 is 48.3 Å². The van der Waals surface area contributed by atoms with E-state index in [-0.39, 0.29) is 54.6 Å². The molecule has 326 valence electrons. The lowest BCUT2D eigenvalue weighted by Crippen LogP contribution is -2.37. The van der Waals surface area contributed by atoms with Crippen molar-refractivity contribution in [1.29, 1.82) is 0 Å². The third-order valence-electron chi connectivity index (χ3n) is 9.37. The fourth-order valence-corrected chi connectivity index (χ4v) is 8.34. The molecular weight excluding hydrogens is 861 g/mol. The molecular formula is C46H40N6O10S2. The number of hydrogen-bond acceptors (Lipinski definition) is 14. The number of thioether (sulfide) groups is 2. The van der Waals surface area contributed by atoms with Gasteiger partial charge in [-0.3, -0.25) is 29.0 Å². The molecule has 4 amide bonds. The number of nitrogens with zero attached hydrogens (tertiary/aromatic N) is 4. The molecule has 2 aliphatic heterocycles. The van der Waals surface area contributed by atoms with Crippen LogP contribution in [0, 0.1) is 0 Å². The Morgan fingerprint density at radius 3 is 1.27 bits per heavy atom. The summed E-state index contributed by atoms with van der Waals surface area (Å²) >= 11 is 2.16. The summed E-state index contributed by atoms with van der Waals surface area (Å²) in [4.78, 5) is 67.3. The van der Waals surface area contributed by atoms with Crippen molar-refractivity contribution in [3.8, 4) is 34.5 Å². The minimum Gasteiger partial charge on any atom is -0.502 e. The van der Waals surface area contributed by atoms with Crippen LogP contribution in [0.3, 0.4) is 0 Å². The van der Waals surface area contributed by atoms with Crippen molar-refractivity contribution in [2.24, 2.45) is 9.98 Å². The number of phenols is 2. The maximum Gasteiger partial charge on any atom is 0.267 e. The lowest BCUT2D eigenvalue weighted by atomic mass is 10.1. The summed E-state index contributed by atoms with van der Waals surface area (Å²) in [5.74, 6) is -1.83. The SMILES string of the molecule is COc1cc(/C=C2\SC(=Nc3ccccc3)N(CC(=O)Nc3cccc(NC(=O)CN4C(=O)/C(=C/c5cc(OC)c(O)c(OC)c5)SC4=Nc4ccccc4)c3)C2=O)cc(OC)c1O. The zero-order chi connectivity index (χ0) is 45.3. The van der Waals surface area contributed by atoms with Crippen molar-refractivity contribution in [3.05, 3.63) is 130 Å². The number of aromatic hydroxyl groups is 2. The molecule has 16 nitrogen and oxygen atoms in total. The molecule has 0 atom stereocenters. The number of benzene rings is 5. The molecule has 7 rings (SSSR count). The maximum absolute atomic E-state index is 13.9. The molecule has 2 heterocycles. The number of anilines is 2. The topological polar surface area (TPSA) is 201 Å². The largest absolute Gasteiger partial charge is 0.502 e. The second-order valence-corrected chi connectivity index (χ2v) is 15.7. The summed E-state index contributed by atoms with van der Waals surface area (Å²) in [5.41, 5.74) is 2.80. The highest BCUT2D eigenvalue weighted by Gasteiger charge is 2.36. The number of nitrogens with one attached hydrogen (secondary N) is 2. The molecule has 0 unspecified atom stereocenters. The van der Waals surface area contributed by atoms with Crippen LogP contribution in [0.15, 0.2) is 129 Å². The summed E-state index contributed by atoms with van der Waals surface area (Å²) in [6, 6.07) is 30.6. The van der Waals surface area contributed by atoms with Crippen LogP contribution in [0.1, 0.15) is 11.1 Å². The predicted octanol–water partition coefficient (Wildman–Crippen LogP) is 7.62. The lowest BCUT2D eigenvalue weighted by Gasteiger charge is -2.17. The van der Waals surface area contributed by atoms with Gasteiger partial charge in [-0.05, 0) is 114 Å². The van der Waals surface area contributed by atoms with Crippen LogP contribution >= 0.6 is 23.5 Å². The van der Waals surface area contributed by atoms with Gasteiger partial charge in [0.2, 0.25) is 23.3 Å². The molecule has 18 heteroatoms. The Balaban J connectivity index is 1.07. The van der Waals surface area contributed by atoms with Crippen molar-refractivity contribution in [1.82, 2.24) is 9.80 Å². The first-order chi connectivity index (χ1) is 31.0. The van der Waals surface area contributed by atoms with Crippen molar-refractivity contribution in [2.75, 3.05) is 52.2 Å². The van der Waals surface area contributed by atoms with E-state index in [1.807, 2.05) is 12.1 Å². The molecule has 0 spiro atoms. The Morgan fingerprint density at radius 2 is 0.922 bits per heavy atom. The molecule has 0 aromatic heterocycles. The molecule has 2 aliphatic rings. The van der Waals surface area contributed by atoms with Gasteiger partial charge in [0.1, 0.15) is 13.1 Å². The number of rotatable bonds is 14. The van der Waals surface area contributed by atoms with Gasteiger partial charge in [0.15, 0.2) is 33.3 Å². The number of aliphatic imine (C=N–C) groups is 2. The number of methoxy groups -OCH3 is 4. The maximum atomic E-state index is 13.9. The van der Waals surface area contributed by atoms with Crippen LogP contribution in [-0.2, 0) is 19.2 Å². The van der Waals surface area contributed by atoms with Crippen LogP contribution in [0.2, 0.25) is 0 Å². The molecule has 5 aromatic carbocycles. The molecule has 2 fully saturated rings. The Hall–Kier alpha value is -7.70. The van der Waals surface area contributed by atoms with Crippen LogP contribution in [0.25, 0.3) is 12.2 Å². The van der Waals surface area contributed by atoms with Gasteiger partial charge in [-0.1, -0.05) is 42.5 Å². The molecule has 2 saturated heterocycles. The van der Waals surface area contributed by atoms with Crippen LogP contribution in [0.5, 0.6) is 34.5 Å². The Labute approximate surface area is 375 Å². The average molecular weight is 901 g/mol. The zero-order valence-electron chi connectivity index (χ0n) is 34.7. The Bertz CT molecular complexity index is 2510. The number of carbonyl (C=O) groups is 4. The average Bonchev–Trinajstić information content (AvgIpc) is 3.73. The second-order valence-electron chi connectivity index (χ2n) is 13.7. The van der Waals surface area contributed by atoms with E-state index >= 15 is 0 Å². The highest BCUT2D eigenvalue weighted by atomic mass is 32.2.